The van der Waals surface area contributed by atoms with Crippen LogP contribution >= 0.6 is 0 Å². The number of amides is 2. The van der Waals surface area contributed by atoms with Gasteiger partial charge in [-0.05, 0) is 55.3 Å². The van der Waals surface area contributed by atoms with Crippen molar-refractivity contribution in [3.63, 3.8) is 0 Å². The highest BCUT2D eigenvalue weighted by atomic mass is 16.5. The van der Waals surface area contributed by atoms with Gasteiger partial charge in [-0.25, -0.2) is 0 Å². The lowest BCUT2D eigenvalue weighted by molar-refractivity contribution is -0.115. The fourth-order valence-electron chi connectivity index (χ4n) is 2.25. The van der Waals surface area contributed by atoms with E-state index >= 15 is 0 Å². The largest absolute Gasteiger partial charge is 0.497 e. The van der Waals surface area contributed by atoms with Crippen LogP contribution in [0.1, 0.15) is 36.2 Å². The van der Waals surface area contributed by atoms with Crippen molar-refractivity contribution in [2.45, 2.75) is 32.7 Å². The van der Waals surface area contributed by atoms with Crippen LogP contribution in [0, 0.1) is 0 Å². The predicted molar refractivity (Wildman–Crippen MR) is 99.0 cm³/mol. The van der Waals surface area contributed by atoms with Crippen LogP contribution in [-0.4, -0.2) is 25.0 Å². The third kappa shape index (κ3) is 5.64. The lowest BCUT2D eigenvalue weighted by Gasteiger charge is -2.12. The van der Waals surface area contributed by atoms with Gasteiger partial charge in [0.15, 0.2) is 0 Å². The van der Waals surface area contributed by atoms with Gasteiger partial charge in [0.05, 0.1) is 13.5 Å². The summed E-state index contributed by atoms with van der Waals surface area (Å²) in [5.74, 6) is 0.544. The predicted octanol–water partition coefficient (Wildman–Crippen LogP) is 3.40. The summed E-state index contributed by atoms with van der Waals surface area (Å²) in [5, 5.41) is 5.75. The van der Waals surface area contributed by atoms with Crippen molar-refractivity contribution >= 4 is 17.5 Å². The van der Waals surface area contributed by atoms with Crippen molar-refractivity contribution in [2.75, 3.05) is 12.4 Å². The zero-order valence-electron chi connectivity index (χ0n) is 14.8. The highest BCUT2D eigenvalue weighted by molar-refractivity contribution is 5.96. The van der Waals surface area contributed by atoms with Gasteiger partial charge in [0.1, 0.15) is 5.75 Å². The molecule has 0 aliphatic rings. The fourth-order valence-corrected chi connectivity index (χ4v) is 2.25. The molecule has 5 nitrogen and oxygen atoms in total. The quantitative estimate of drug-likeness (QED) is 0.812. The van der Waals surface area contributed by atoms with E-state index in [4.69, 9.17) is 4.74 Å². The van der Waals surface area contributed by atoms with Gasteiger partial charge in [-0.1, -0.05) is 19.1 Å². The summed E-state index contributed by atoms with van der Waals surface area (Å²) in [6, 6.07) is 14.4. The van der Waals surface area contributed by atoms with Crippen LogP contribution < -0.4 is 15.4 Å². The normalized spacial score (nSPS) is 11.5. The molecular weight excluding hydrogens is 316 g/mol. The van der Waals surface area contributed by atoms with E-state index in [1.54, 1.807) is 31.4 Å². The standard InChI is InChI=1S/C20H24N2O3/c1-4-14(2)21-20(24)16-7-9-17(10-8-16)22-19(23)13-15-5-11-18(25-3)12-6-15/h5-12,14H,4,13H2,1-3H3,(H,21,24)(H,22,23). The number of carbonyl (C=O) groups excluding carboxylic acids is 2. The number of hydrogen-bond acceptors (Lipinski definition) is 3. The maximum Gasteiger partial charge on any atom is 0.251 e. The number of methoxy groups -OCH3 is 1. The van der Waals surface area contributed by atoms with Gasteiger partial charge in [-0.2, -0.15) is 0 Å². The Balaban J connectivity index is 1.91. The van der Waals surface area contributed by atoms with Gasteiger partial charge in [0, 0.05) is 17.3 Å². The first-order valence-corrected chi connectivity index (χ1v) is 8.35. The summed E-state index contributed by atoms with van der Waals surface area (Å²) in [5.41, 5.74) is 2.15. The first-order valence-electron chi connectivity index (χ1n) is 8.35. The molecule has 0 heterocycles. The maximum absolute atomic E-state index is 12.1. The van der Waals surface area contributed by atoms with E-state index in [-0.39, 0.29) is 24.3 Å². The molecule has 2 aromatic rings. The lowest BCUT2D eigenvalue weighted by Crippen LogP contribution is -2.31. The van der Waals surface area contributed by atoms with Crippen LogP contribution in [0.2, 0.25) is 0 Å². The van der Waals surface area contributed by atoms with E-state index in [1.807, 2.05) is 38.1 Å². The van der Waals surface area contributed by atoms with E-state index in [0.717, 1.165) is 17.7 Å². The van der Waals surface area contributed by atoms with Gasteiger partial charge in [-0.15, -0.1) is 0 Å². The van der Waals surface area contributed by atoms with Crippen LogP contribution in [0.5, 0.6) is 5.75 Å². The lowest BCUT2D eigenvalue weighted by atomic mass is 10.1. The molecule has 2 aromatic carbocycles. The molecule has 0 bridgehead atoms. The van der Waals surface area contributed by atoms with E-state index < -0.39 is 0 Å². The minimum atomic E-state index is -0.109. The number of anilines is 1. The van der Waals surface area contributed by atoms with Gasteiger partial charge in [0.2, 0.25) is 5.91 Å². The Hall–Kier alpha value is -2.82. The molecule has 5 heteroatoms. The smallest absolute Gasteiger partial charge is 0.251 e. The molecule has 1 atom stereocenters. The Kier molecular flexibility index (Phi) is 6.57. The van der Waals surface area contributed by atoms with Crippen molar-refractivity contribution in [3.05, 3.63) is 59.7 Å². The molecule has 1 unspecified atom stereocenters. The van der Waals surface area contributed by atoms with Crippen LogP contribution in [-0.2, 0) is 11.2 Å². The molecule has 0 radical (unpaired) electrons. The van der Waals surface area contributed by atoms with Crippen LogP contribution in [0.15, 0.2) is 48.5 Å². The summed E-state index contributed by atoms with van der Waals surface area (Å²) in [4.78, 5) is 24.2. The number of nitrogens with one attached hydrogen (secondary N) is 2. The molecule has 25 heavy (non-hydrogen) atoms. The van der Waals surface area contributed by atoms with Crippen molar-refractivity contribution in [1.82, 2.24) is 5.32 Å². The van der Waals surface area contributed by atoms with Gasteiger partial charge >= 0.3 is 0 Å². The highest BCUT2D eigenvalue weighted by Gasteiger charge is 2.09. The second-order valence-corrected chi connectivity index (χ2v) is 5.93. The summed E-state index contributed by atoms with van der Waals surface area (Å²) >= 11 is 0. The zero-order valence-corrected chi connectivity index (χ0v) is 14.8. The Morgan fingerprint density at radius 2 is 1.68 bits per heavy atom. The van der Waals surface area contributed by atoms with E-state index in [0.29, 0.717) is 11.3 Å². The van der Waals surface area contributed by atoms with Crippen LogP contribution in [0.4, 0.5) is 5.69 Å². The van der Waals surface area contributed by atoms with Crippen LogP contribution in [0.25, 0.3) is 0 Å². The van der Waals surface area contributed by atoms with E-state index in [1.165, 1.54) is 0 Å². The second-order valence-electron chi connectivity index (χ2n) is 5.93. The molecule has 0 saturated heterocycles. The molecular formula is C20H24N2O3. The van der Waals surface area contributed by atoms with E-state index in [9.17, 15) is 9.59 Å². The minimum absolute atomic E-state index is 0.106. The summed E-state index contributed by atoms with van der Waals surface area (Å²) < 4.78 is 5.10. The Labute approximate surface area is 148 Å². The zero-order chi connectivity index (χ0) is 18.2. The molecule has 0 spiro atoms. The molecule has 0 aromatic heterocycles. The Bertz CT molecular complexity index is 709. The minimum Gasteiger partial charge on any atom is -0.497 e. The number of rotatable bonds is 7. The molecule has 2 rings (SSSR count). The monoisotopic (exact) mass is 340 g/mol. The molecule has 0 aliphatic heterocycles. The van der Waals surface area contributed by atoms with Crippen molar-refractivity contribution < 1.29 is 14.3 Å². The van der Waals surface area contributed by atoms with Crippen LogP contribution in [0.3, 0.4) is 0 Å². The molecule has 0 aliphatic carbocycles. The SMILES string of the molecule is CCC(C)NC(=O)c1ccc(NC(=O)Cc2ccc(OC)cc2)cc1. The average molecular weight is 340 g/mol. The summed E-state index contributed by atoms with van der Waals surface area (Å²) in [6.45, 7) is 3.98. The fraction of sp³-hybridized carbons (Fsp3) is 0.300. The van der Waals surface area contributed by atoms with Gasteiger partial charge in [0.25, 0.3) is 5.91 Å². The first-order chi connectivity index (χ1) is 12.0. The average Bonchev–Trinajstić information content (AvgIpc) is 2.62. The molecule has 2 N–H and O–H groups in total. The van der Waals surface area contributed by atoms with Crippen molar-refractivity contribution in [2.24, 2.45) is 0 Å². The van der Waals surface area contributed by atoms with Crippen molar-refractivity contribution in [3.8, 4) is 5.75 Å². The molecule has 132 valence electrons. The third-order valence-corrected chi connectivity index (χ3v) is 3.94. The third-order valence-electron chi connectivity index (χ3n) is 3.94. The number of ether oxygens (including phenoxy) is 1. The Morgan fingerprint density at radius 1 is 1.04 bits per heavy atom. The topological polar surface area (TPSA) is 67.4 Å². The summed E-state index contributed by atoms with van der Waals surface area (Å²) in [6.07, 6.45) is 1.16. The maximum atomic E-state index is 12.1. The van der Waals surface area contributed by atoms with Crippen molar-refractivity contribution in [1.29, 1.82) is 0 Å². The Morgan fingerprint density at radius 3 is 2.24 bits per heavy atom. The van der Waals surface area contributed by atoms with E-state index in [2.05, 4.69) is 10.6 Å². The summed E-state index contributed by atoms with van der Waals surface area (Å²) in [7, 11) is 1.61. The van der Waals surface area contributed by atoms with Gasteiger partial charge < -0.3 is 15.4 Å². The number of hydrogen-bond donors (Lipinski definition) is 2. The first kappa shape index (κ1) is 18.5. The number of carbonyl (C=O) groups is 2. The number of benzene rings is 2. The molecule has 0 fully saturated rings. The molecule has 2 amide bonds. The second kappa shape index (κ2) is 8.87. The van der Waals surface area contributed by atoms with Gasteiger partial charge in [-0.3, -0.25) is 9.59 Å². The molecule has 0 saturated carbocycles. The highest BCUT2D eigenvalue weighted by Crippen LogP contribution is 2.14.